The first kappa shape index (κ1) is 20.9. The first-order valence-corrected chi connectivity index (χ1v) is 9.91. The molecule has 3 aromatic rings. The molecule has 0 aliphatic carbocycles. The Hall–Kier alpha value is -2.82. The second-order valence-corrected chi connectivity index (χ2v) is 7.28. The highest BCUT2D eigenvalue weighted by atomic mass is 35.5. The van der Waals surface area contributed by atoms with E-state index in [1.807, 2.05) is 85.8 Å². The molecular formula is C24H25ClN2O2. The van der Waals surface area contributed by atoms with Crippen molar-refractivity contribution in [2.45, 2.75) is 19.0 Å². The van der Waals surface area contributed by atoms with Crippen LogP contribution in [0.4, 0.5) is 0 Å². The highest BCUT2D eigenvalue weighted by Crippen LogP contribution is 2.24. The van der Waals surface area contributed by atoms with Gasteiger partial charge in [-0.05, 0) is 47.9 Å². The molecule has 5 heteroatoms. The van der Waals surface area contributed by atoms with Gasteiger partial charge in [0.2, 0.25) is 5.91 Å². The predicted octanol–water partition coefficient (Wildman–Crippen LogP) is 4.91. The monoisotopic (exact) mass is 408 g/mol. The van der Waals surface area contributed by atoms with Gasteiger partial charge in [0.05, 0.1) is 19.7 Å². The summed E-state index contributed by atoms with van der Waals surface area (Å²) in [5, 5.41) is 7.08. The van der Waals surface area contributed by atoms with Gasteiger partial charge in [-0.3, -0.25) is 4.79 Å². The molecule has 0 unspecified atom stereocenters. The molecule has 3 aromatic carbocycles. The SMILES string of the molecule is COc1ccc([C@@H](NC(=O)CN[C@@H](C)c2cccc(Cl)c2)c2ccccc2)cc1. The Morgan fingerprint density at radius 2 is 1.59 bits per heavy atom. The number of nitrogens with one attached hydrogen (secondary N) is 2. The number of benzene rings is 3. The van der Waals surface area contributed by atoms with Crippen LogP contribution in [0, 0.1) is 0 Å². The zero-order valence-corrected chi connectivity index (χ0v) is 17.3. The molecule has 150 valence electrons. The molecule has 0 heterocycles. The standard InChI is InChI=1S/C24H25ClN2O2/c1-17(20-9-6-10-21(25)15-20)26-16-23(28)27-24(18-7-4-3-5-8-18)19-11-13-22(29-2)14-12-19/h3-15,17,24,26H,16H2,1-2H3,(H,27,28)/t17-,24-/m0/s1. The molecule has 0 aromatic heterocycles. The van der Waals surface area contributed by atoms with Crippen LogP contribution in [0.1, 0.15) is 35.7 Å². The minimum Gasteiger partial charge on any atom is -0.497 e. The Kier molecular flexibility index (Phi) is 7.28. The van der Waals surface area contributed by atoms with E-state index in [-0.39, 0.29) is 24.5 Å². The van der Waals surface area contributed by atoms with Crippen LogP contribution in [-0.2, 0) is 4.79 Å². The topological polar surface area (TPSA) is 50.4 Å². The highest BCUT2D eigenvalue weighted by molar-refractivity contribution is 6.30. The quantitative estimate of drug-likeness (QED) is 0.557. The van der Waals surface area contributed by atoms with Gasteiger partial charge >= 0.3 is 0 Å². The molecule has 0 fully saturated rings. The van der Waals surface area contributed by atoms with Crippen molar-refractivity contribution in [3.63, 3.8) is 0 Å². The predicted molar refractivity (Wildman–Crippen MR) is 117 cm³/mol. The average Bonchev–Trinajstić information content (AvgIpc) is 2.76. The van der Waals surface area contributed by atoms with E-state index in [2.05, 4.69) is 10.6 Å². The van der Waals surface area contributed by atoms with E-state index in [1.165, 1.54) is 0 Å². The maximum atomic E-state index is 12.7. The van der Waals surface area contributed by atoms with E-state index < -0.39 is 0 Å². The summed E-state index contributed by atoms with van der Waals surface area (Å²) in [7, 11) is 1.64. The molecule has 0 aliphatic heterocycles. The fourth-order valence-electron chi connectivity index (χ4n) is 3.15. The lowest BCUT2D eigenvalue weighted by Gasteiger charge is -2.21. The number of ether oxygens (including phenoxy) is 1. The lowest BCUT2D eigenvalue weighted by atomic mass is 9.98. The molecule has 4 nitrogen and oxygen atoms in total. The van der Waals surface area contributed by atoms with Crippen molar-refractivity contribution in [3.05, 3.63) is 101 Å². The second kappa shape index (κ2) is 10.1. The minimum absolute atomic E-state index is 0.00983. The van der Waals surface area contributed by atoms with Gasteiger partial charge in [-0.2, -0.15) is 0 Å². The van der Waals surface area contributed by atoms with Crippen LogP contribution in [0.2, 0.25) is 5.02 Å². The molecule has 2 N–H and O–H groups in total. The van der Waals surface area contributed by atoms with Gasteiger partial charge in [-0.15, -0.1) is 0 Å². The van der Waals surface area contributed by atoms with Crippen molar-refractivity contribution in [2.75, 3.05) is 13.7 Å². The maximum Gasteiger partial charge on any atom is 0.234 e. The summed E-state index contributed by atoms with van der Waals surface area (Å²) in [4.78, 5) is 12.7. The lowest BCUT2D eigenvalue weighted by Crippen LogP contribution is -2.37. The van der Waals surface area contributed by atoms with Gasteiger partial charge in [-0.1, -0.05) is 66.2 Å². The van der Waals surface area contributed by atoms with Crippen molar-refractivity contribution in [1.29, 1.82) is 0 Å². The molecule has 29 heavy (non-hydrogen) atoms. The number of methoxy groups -OCH3 is 1. The maximum absolute atomic E-state index is 12.7. The van der Waals surface area contributed by atoms with E-state index in [4.69, 9.17) is 16.3 Å². The third-order valence-electron chi connectivity index (χ3n) is 4.80. The van der Waals surface area contributed by atoms with Gasteiger partial charge in [0.1, 0.15) is 5.75 Å². The molecule has 3 rings (SSSR count). The van der Waals surface area contributed by atoms with Gasteiger partial charge < -0.3 is 15.4 Å². The largest absolute Gasteiger partial charge is 0.497 e. The Balaban J connectivity index is 1.69. The third kappa shape index (κ3) is 5.83. The lowest BCUT2D eigenvalue weighted by molar-refractivity contribution is -0.120. The van der Waals surface area contributed by atoms with E-state index >= 15 is 0 Å². The fraction of sp³-hybridized carbons (Fsp3) is 0.208. The number of hydrogen-bond donors (Lipinski definition) is 2. The van der Waals surface area contributed by atoms with Gasteiger partial charge in [0.25, 0.3) is 0 Å². The summed E-state index contributed by atoms with van der Waals surface area (Å²) in [6, 6.07) is 25.1. The molecule has 1 amide bonds. The summed E-state index contributed by atoms with van der Waals surface area (Å²) in [5.74, 6) is 0.701. The number of carbonyl (C=O) groups is 1. The van der Waals surface area contributed by atoms with Crippen LogP contribution >= 0.6 is 11.6 Å². The minimum atomic E-state index is -0.238. The fourth-order valence-corrected chi connectivity index (χ4v) is 3.35. The van der Waals surface area contributed by atoms with E-state index in [9.17, 15) is 4.79 Å². The van der Waals surface area contributed by atoms with Crippen LogP contribution < -0.4 is 15.4 Å². The molecule has 0 saturated heterocycles. The second-order valence-electron chi connectivity index (χ2n) is 6.84. The Bertz CT molecular complexity index is 929. The molecular weight excluding hydrogens is 384 g/mol. The summed E-state index contributed by atoms with van der Waals surface area (Å²) >= 11 is 6.06. The van der Waals surface area contributed by atoms with Crippen molar-refractivity contribution in [2.24, 2.45) is 0 Å². The zero-order chi connectivity index (χ0) is 20.6. The first-order valence-electron chi connectivity index (χ1n) is 9.54. The first-order chi connectivity index (χ1) is 14.1. The third-order valence-corrected chi connectivity index (χ3v) is 5.04. The molecule has 0 aliphatic rings. The summed E-state index contributed by atoms with van der Waals surface area (Å²) in [6.07, 6.45) is 0. The van der Waals surface area contributed by atoms with Crippen LogP contribution in [0.15, 0.2) is 78.9 Å². The Morgan fingerprint density at radius 1 is 0.931 bits per heavy atom. The number of hydrogen-bond acceptors (Lipinski definition) is 3. The van der Waals surface area contributed by atoms with E-state index in [0.717, 1.165) is 22.4 Å². The van der Waals surface area contributed by atoms with E-state index in [1.54, 1.807) is 7.11 Å². The normalized spacial score (nSPS) is 12.8. The molecule has 0 spiro atoms. The molecule has 0 radical (unpaired) electrons. The number of carbonyl (C=O) groups excluding carboxylic acids is 1. The number of amides is 1. The van der Waals surface area contributed by atoms with Gasteiger partial charge in [0, 0.05) is 11.1 Å². The van der Waals surface area contributed by atoms with Crippen molar-refractivity contribution >= 4 is 17.5 Å². The summed E-state index contributed by atoms with van der Waals surface area (Å²) < 4.78 is 5.24. The van der Waals surface area contributed by atoms with Gasteiger partial charge in [0.15, 0.2) is 0 Å². The zero-order valence-electron chi connectivity index (χ0n) is 16.6. The van der Waals surface area contributed by atoms with Crippen LogP contribution in [-0.4, -0.2) is 19.6 Å². The van der Waals surface area contributed by atoms with Crippen molar-refractivity contribution in [3.8, 4) is 5.75 Å². The smallest absolute Gasteiger partial charge is 0.234 e. The van der Waals surface area contributed by atoms with Gasteiger partial charge in [-0.25, -0.2) is 0 Å². The van der Waals surface area contributed by atoms with E-state index in [0.29, 0.717) is 5.02 Å². The molecule has 0 saturated carbocycles. The van der Waals surface area contributed by atoms with Crippen LogP contribution in [0.3, 0.4) is 0 Å². The summed E-state index contributed by atoms with van der Waals surface area (Å²) in [5.41, 5.74) is 3.06. The van der Waals surface area contributed by atoms with Crippen LogP contribution in [0.5, 0.6) is 5.75 Å². The average molecular weight is 409 g/mol. The molecule has 0 bridgehead atoms. The number of halogens is 1. The highest BCUT2D eigenvalue weighted by Gasteiger charge is 2.17. The number of rotatable bonds is 8. The summed E-state index contributed by atoms with van der Waals surface area (Å²) in [6.45, 7) is 2.21. The van der Waals surface area contributed by atoms with Crippen molar-refractivity contribution < 1.29 is 9.53 Å². The van der Waals surface area contributed by atoms with Crippen molar-refractivity contribution in [1.82, 2.24) is 10.6 Å². The Morgan fingerprint density at radius 3 is 2.24 bits per heavy atom. The van der Waals surface area contributed by atoms with Crippen LogP contribution in [0.25, 0.3) is 0 Å². The molecule has 2 atom stereocenters. The Labute approximate surface area is 176 Å².